The van der Waals surface area contributed by atoms with Gasteiger partial charge in [0.05, 0.1) is 11.1 Å². The summed E-state index contributed by atoms with van der Waals surface area (Å²) < 4.78 is 0.842. The van der Waals surface area contributed by atoms with E-state index in [1.807, 2.05) is 17.0 Å². The Morgan fingerprint density at radius 2 is 1.83 bits per heavy atom. The minimum atomic E-state index is -0.317. The Morgan fingerprint density at radius 3 is 2.51 bits per heavy atom. The van der Waals surface area contributed by atoms with Crippen molar-refractivity contribution >= 4 is 46.0 Å². The maximum atomic E-state index is 13.9. The molecule has 1 heterocycles. The number of hydrogen-bond acceptors (Lipinski definition) is 4. The van der Waals surface area contributed by atoms with E-state index >= 15 is 0 Å². The fourth-order valence-corrected chi connectivity index (χ4v) is 6.00. The third kappa shape index (κ3) is 9.26. The van der Waals surface area contributed by atoms with Crippen molar-refractivity contribution < 1.29 is 9.59 Å². The third-order valence-corrected chi connectivity index (χ3v) is 9.33. The number of rotatable bonds is 12. The predicted octanol–water partition coefficient (Wildman–Crippen LogP) is 5.95. The molecule has 3 aromatic carbocycles. The summed E-state index contributed by atoms with van der Waals surface area (Å²) >= 11 is 8.27. The lowest BCUT2D eigenvalue weighted by Gasteiger charge is -2.29. The molecule has 0 radical (unpaired) electrons. The Balaban J connectivity index is 1.44. The van der Waals surface area contributed by atoms with Crippen molar-refractivity contribution in [2.24, 2.45) is 0 Å². The zero-order valence-electron chi connectivity index (χ0n) is 23.9. The van der Waals surface area contributed by atoms with E-state index in [2.05, 4.69) is 101 Å². The molecular weight excluding hydrogens is 647 g/mol. The molecule has 0 saturated carbocycles. The molecule has 0 unspecified atom stereocenters. The minimum absolute atomic E-state index is 0.0134. The van der Waals surface area contributed by atoms with Crippen molar-refractivity contribution in [3.05, 3.63) is 104 Å². The summed E-state index contributed by atoms with van der Waals surface area (Å²) in [6.45, 7) is 5.60. The summed E-state index contributed by atoms with van der Waals surface area (Å²) in [5, 5.41) is 7.33. The highest BCUT2D eigenvalue weighted by molar-refractivity contribution is 14.1. The number of benzene rings is 3. The molecule has 41 heavy (non-hydrogen) atoms. The second-order valence-corrected chi connectivity index (χ2v) is 12.4. The van der Waals surface area contributed by atoms with Crippen LogP contribution in [0.3, 0.4) is 0 Å². The topological polar surface area (TPSA) is 64.7 Å². The quantitative estimate of drug-likeness (QED) is 0.231. The van der Waals surface area contributed by atoms with Gasteiger partial charge in [0.25, 0.3) is 5.91 Å². The Bertz CT molecular complexity index is 1280. The van der Waals surface area contributed by atoms with Crippen LogP contribution in [0.15, 0.2) is 78.9 Å². The van der Waals surface area contributed by atoms with Crippen LogP contribution in [0.5, 0.6) is 0 Å². The molecule has 0 spiro atoms. The molecule has 0 bridgehead atoms. The van der Waals surface area contributed by atoms with E-state index in [0.29, 0.717) is 36.6 Å². The molecule has 1 saturated heterocycles. The molecule has 1 fully saturated rings. The molecule has 1 aliphatic rings. The summed E-state index contributed by atoms with van der Waals surface area (Å²) in [6, 6.07) is 25.8. The Hall–Kier alpha value is -2.46. The third-order valence-electron chi connectivity index (χ3n) is 7.78. The van der Waals surface area contributed by atoms with Crippen LogP contribution in [0.1, 0.15) is 53.6 Å². The summed E-state index contributed by atoms with van der Waals surface area (Å²) in [6.07, 6.45) is 2.43. The zero-order valence-corrected chi connectivity index (χ0v) is 26.8. The van der Waals surface area contributed by atoms with Gasteiger partial charge in [0, 0.05) is 53.8 Å². The van der Waals surface area contributed by atoms with Gasteiger partial charge in [-0.2, -0.15) is 0 Å². The highest BCUT2D eigenvalue weighted by atomic mass is 127. The molecule has 3 atom stereocenters. The molecule has 8 heteroatoms. The highest BCUT2D eigenvalue weighted by Crippen LogP contribution is 2.23. The smallest absolute Gasteiger partial charge is 0.251 e. The molecule has 4 rings (SSSR count). The fraction of sp³-hybridized carbons (Fsp3) is 0.394. The van der Waals surface area contributed by atoms with Gasteiger partial charge in [-0.3, -0.25) is 9.59 Å². The second kappa shape index (κ2) is 15.7. The van der Waals surface area contributed by atoms with Crippen LogP contribution >= 0.6 is 34.2 Å². The Kier molecular flexibility index (Phi) is 12.0. The maximum Gasteiger partial charge on any atom is 0.251 e. The maximum absolute atomic E-state index is 13.9. The Morgan fingerprint density at radius 1 is 1.12 bits per heavy atom. The summed E-state index contributed by atoms with van der Waals surface area (Å²) in [4.78, 5) is 31.1. The van der Waals surface area contributed by atoms with E-state index in [9.17, 15) is 9.59 Å². The van der Waals surface area contributed by atoms with Crippen LogP contribution in [-0.4, -0.2) is 66.9 Å². The van der Waals surface area contributed by atoms with Gasteiger partial charge < -0.3 is 20.4 Å². The summed E-state index contributed by atoms with van der Waals surface area (Å²) in [7, 11) is 2.10. The molecule has 2 N–H and O–H groups in total. The van der Waals surface area contributed by atoms with Crippen molar-refractivity contribution in [3.8, 4) is 0 Å². The molecule has 0 aromatic heterocycles. The van der Waals surface area contributed by atoms with Crippen molar-refractivity contribution in [3.63, 3.8) is 0 Å². The number of amides is 2. The predicted molar refractivity (Wildman–Crippen MR) is 175 cm³/mol. The molecule has 218 valence electrons. The molecule has 2 amide bonds. The lowest BCUT2D eigenvalue weighted by atomic mass is 9.95. The largest absolute Gasteiger partial charge is 0.350 e. The van der Waals surface area contributed by atoms with E-state index in [4.69, 9.17) is 11.6 Å². The lowest BCUT2D eigenvalue weighted by Crippen LogP contribution is -2.50. The average molecular weight is 687 g/mol. The number of nitrogens with zero attached hydrogens (tertiary/aromatic N) is 2. The zero-order chi connectivity index (χ0) is 29.2. The first-order chi connectivity index (χ1) is 19.8. The van der Waals surface area contributed by atoms with Crippen LogP contribution < -0.4 is 10.6 Å². The van der Waals surface area contributed by atoms with Gasteiger partial charge in [-0.05, 0) is 78.2 Å². The fourth-order valence-electron chi connectivity index (χ4n) is 5.37. The van der Waals surface area contributed by atoms with Gasteiger partial charge in [-0.1, -0.05) is 79.2 Å². The number of hydrogen-bond donors (Lipinski definition) is 2. The second-order valence-electron chi connectivity index (χ2n) is 10.9. The first-order valence-corrected chi connectivity index (χ1v) is 15.8. The normalized spacial score (nSPS) is 18.3. The van der Waals surface area contributed by atoms with E-state index in [1.54, 1.807) is 18.2 Å². The van der Waals surface area contributed by atoms with Crippen LogP contribution in [-0.2, 0) is 11.3 Å². The first-order valence-electron chi connectivity index (χ1n) is 14.4. The van der Waals surface area contributed by atoms with Gasteiger partial charge in [0.15, 0.2) is 0 Å². The van der Waals surface area contributed by atoms with Crippen molar-refractivity contribution in [1.29, 1.82) is 0 Å². The Labute approximate surface area is 263 Å². The van der Waals surface area contributed by atoms with Gasteiger partial charge in [-0.15, -0.1) is 0 Å². The van der Waals surface area contributed by atoms with Gasteiger partial charge in [0.1, 0.15) is 0 Å². The average Bonchev–Trinajstić information content (AvgIpc) is 3.13. The van der Waals surface area contributed by atoms with Crippen LogP contribution in [0.25, 0.3) is 0 Å². The van der Waals surface area contributed by atoms with Crippen molar-refractivity contribution in [1.82, 2.24) is 20.4 Å². The number of halogens is 2. The SMILES string of the molecule is CC[C@H](CN1CC[C@@H](CNC(=O)c2ccc(Cl)c(I)c2)N[C@@H](CCN(C)Cc2ccccc2)C1=O)c1ccccc1. The lowest BCUT2D eigenvalue weighted by molar-refractivity contribution is -0.133. The number of nitrogens with one attached hydrogen (secondary N) is 2. The van der Waals surface area contributed by atoms with E-state index in [-0.39, 0.29) is 29.8 Å². The van der Waals surface area contributed by atoms with Gasteiger partial charge >= 0.3 is 0 Å². The summed E-state index contributed by atoms with van der Waals surface area (Å²) in [5.41, 5.74) is 3.10. The van der Waals surface area contributed by atoms with Crippen LogP contribution in [0.2, 0.25) is 5.02 Å². The molecule has 3 aromatic rings. The number of carbonyl (C=O) groups is 2. The standard InChI is InChI=1S/C33H40ClIN4O2/c1-3-25(26-12-8-5-9-13-26)23-39-19-16-28(21-36-32(40)27-14-15-29(34)30(35)20-27)37-31(33(39)41)17-18-38(2)22-24-10-6-4-7-11-24/h4-15,20,25,28,31,37H,3,16-19,21-23H2,1-2H3,(H,36,40)/t25-,28+,31+/m1/s1. The van der Waals surface area contributed by atoms with E-state index in [1.165, 1.54) is 11.1 Å². The van der Waals surface area contributed by atoms with Crippen LogP contribution in [0, 0.1) is 3.57 Å². The van der Waals surface area contributed by atoms with Gasteiger partial charge in [-0.25, -0.2) is 0 Å². The van der Waals surface area contributed by atoms with Crippen molar-refractivity contribution in [2.75, 3.05) is 33.2 Å². The van der Waals surface area contributed by atoms with Crippen LogP contribution in [0.4, 0.5) is 0 Å². The molecule has 0 aliphatic carbocycles. The highest BCUT2D eigenvalue weighted by Gasteiger charge is 2.32. The van der Waals surface area contributed by atoms with Gasteiger partial charge in [0.2, 0.25) is 5.91 Å². The van der Waals surface area contributed by atoms with Crippen molar-refractivity contribution in [2.45, 2.75) is 50.7 Å². The minimum Gasteiger partial charge on any atom is -0.350 e. The monoisotopic (exact) mass is 686 g/mol. The molecule has 1 aliphatic heterocycles. The first kappa shape index (κ1) is 31.5. The van der Waals surface area contributed by atoms with E-state index in [0.717, 1.165) is 29.5 Å². The van der Waals surface area contributed by atoms with E-state index < -0.39 is 0 Å². The molecule has 6 nitrogen and oxygen atoms in total. The molecular formula is C33H40ClIN4O2. The summed E-state index contributed by atoms with van der Waals surface area (Å²) in [5.74, 6) is 0.293. The number of carbonyl (C=O) groups excluding carboxylic acids is 2.